The minimum Gasteiger partial charge on any atom is -0.326 e. The first-order valence-corrected chi connectivity index (χ1v) is 8.83. The van der Waals surface area contributed by atoms with Crippen molar-refractivity contribution >= 4 is 33.0 Å². The molecule has 0 saturated carbocycles. The smallest absolute Gasteiger partial charge is 0.244 e. The Morgan fingerprint density at radius 2 is 2.19 bits per heavy atom. The number of rotatable bonds is 5. The van der Waals surface area contributed by atoms with Crippen molar-refractivity contribution in [2.45, 2.75) is 24.4 Å². The van der Waals surface area contributed by atoms with Gasteiger partial charge < -0.3 is 5.73 Å². The molecule has 0 radical (unpaired) electrons. The summed E-state index contributed by atoms with van der Waals surface area (Å²) in [6, 6.07) is 5.56. The van der Waals surface area contributed by atoms with E-state index in [1.807, 2.05) is 11.4 Å². The van der Waals surface area contributed by atoms with Crippen LogP contribution in [0.1, 0.15) is 23.4 Å². The van der Waals surface area contributed by atoms with Crippen LogP contribution in [0, 0.1) is 5.82 Å². The summed E-state index contributed by atoms with van der Waals surface area (Å²) < 4.78 is 41.3. The van der Waals surface area contributed by atoms with Gasteiger partial charge in [0, 0.05) is 22.0 Å². The average molecular weight is 349 g/mol. The van der Waals surface area contributed by atoms with E-state index in [0.29, 0.717) is 0 Å². The number of hydrogen-bond acceptors (Lipinski definition) is 4. The molecule has 0 bridgehead atoms. The summed E-state index contributed by atoms with van der Waals surface area (Å²) in [7, 11) is -4.03. The Kier molecular flexibility index (Phi) is 5.00. The Balaban J connectivity index is 2.38. The van der Waals surface area contributed by atoms with E-state index in [1.165, 1.54) is 17.4 Å². The standard InChI is InChI=1S/C13H14ClFN2O2S2/c1-8(11-3-2-4-20-11)17-21(18,19)12-6-10(14)5-9(7-16)13(12)15/h2-6,8,17H,7,16H2,1H3. The van der Waals surface area contributed by atoms with Crippen molar-refractivity contribution in [3.8, 4) is 0 Å². The maximum Gasteiger partial charge on any atom is 0.244 e. The Bertz CT molecular complexity index is 733. The van der Waals surface area contributed by atoms with E-state index < -0.39 is 26.8 Å². The third-order valence-corrected chi connectivity index (χ3v) is 5.70. The highest BCUT2D eigenvalue weighted by Gasteiger charge is 2.24. The highest BCUT2D eigenvalue weighted by atomic mass is 35.5. The molecule has 0 aliphatic heterocycles. The van der Waals surface area contributed by atoms with Gasteiger partial charge >= 0.3 is 0 Å². The average Bonchev–Trinajstić information content (AvgIpc) is 2.94. The molecule has 2 aromatic rings. The summed E-state index contributed by atoms with van der Waals surface area (Å²) in [4.78, 5) is 0.346. The molecule has 3 N–H and O–H groups in total. The van der Waals surface area contributed by atoms with Crippen LogP contribution in [-0.2, 0) is 16.6 Å². The van der Waals surface area contributed by atoms with Gasteiger partial charge in [-0.05, 0) is 30.5 Å². The first kappa shape index (κ1) is 16.4. The maximum absolute atomic E-state index is 14.2. The Morgan fingerprint density at radius 1 is 1.48 bits per heavy atom. The van der Waals surface area contributed by atoms with Gasteiger partial charge in [-0.25, -0.2) is 17.5 Å². The molecule has 1 aromatic heterocycles. The summed E-state index contributed by atoms with van der Waals surface area (Å²) in [6.07, 6.45) is 0. The van der Waals surface area contributed by atoms with E-state index in [-0.39, 0.29) is 17.1 Å². The van der Waals surface area contributed by atoms with Gasteiger partial charge in [0.25, 0.3) is 0 Å². The Hall–Kier alpha value is -0.990. The lowest BCUT2D eigenvalue weighted by atomic mass is 10.2. The fourth-order valence-electron chi connectivity index (χ4n) is 1.85. The van der Waals surface area contributed by atoms with E-state index >= 15 is 0 Å². The minimum absolute atomic E-state index is 0.0617. The molecule has 1 atom stereocenters. The zero-order chi connectivity index (χ0) is 15.6. The number of nitrogens with one attached hydrogen (secondary N) is 1. The van der Waals surface area contributed by atoms with Crippen LogP contribution in [-0.4, -0.2) is 8.42 Å². The molecular weight excluding hydrogens is 335 g/mol. The van der Waals surface area contributed by atoms with Crippen molar-refractivity contribution < 1.29 is 12.8 Å². The lowest BCUT2D eigenvalue weighted by molar-refractivity contribution is 0.542. The van der Waals surface area contributed by atoms with Gasteiger partial charge in [-0.1, -0.05) is 17.7 Å². The predicted molar refractivity (Wildman–Crippen MR) is 82.4 cm³/mol. The van der Waals surface area contributed by atoms with Gasteiger partial charge in [0.05, 0.1) is 6.04 Å². The second-order valence-electron chi connectivity index (χ2n) is 4.44. The summed E-state index contributed by atoms with van der Waals surface area (Å²) in [5.41, 5.74) is 5.46. The molecule has 1 aromatic carbocycles. The molecule has 21 heavy (non-hydrogen) atoms. The number of thiophene rings is 1. The molecule has 0 aliphatic rings. The monoisotopic (exact) mass is 348 g/mol. The maximum atomic E-state index is 14.2. The molecule has 0 amide bonds. The van der Waals surface area contributed by atoms with E-state index in [4.69, 9.17) is 17.3 Å². The number of nitrogens with two attached hydrogens (primary N) is 1. The third kappa shape index (κ3) is 3.61. The zero-order valence-electron chi connectivity index (χ0n) is 11.1. The van der Waals surface area contributed by atoms with Gasteiger partial charge in [-0.3, -0.25) is 0 Å². The number of halogens is 2. The quantitative estimate of drug-likeness (QED) is 0.872. The van der Waals surface area contributed by atoms with Gasteiger partial charge in [0.15, 0.2) is 0 Å². The van der Waals surface area contributed by atoms with E-state index in [2.05, 4.69) is 4.72 Å². The topological polar surface area (TPSA) is 72.2 Å². The van der Waals surface area contributed by atoms with Gasteiger partial charge in [0.1, 0.15) is 10.7 Å². The lowest BCUT2D eigenvalue weighted by Gasteiger charge is -2.14. The molecule has 1 unspecified atom stereocenters. The fourth-order valence-corrected chi connectivity index (χ4v) is 4.34. The SMILES string of the molecule is CC(NS(=O)(=O)c1cc(Cl)cc(CN)c1F)c1cccs1. The van der Waals surface area contributed by atoms with Crippen LogP contribution in [0.3, 0.4) is 0 Å². The molecule has 0 saturated heterocycles. The number of benzene rings is 1. The third-order valence-electron chi connectivity index (χ3n) is 2.89. The zero-order valence-corrected chi connectivity index (χ0v) is 13.5. The van der Waals surface area contributed by atoms with Gasteiger partial charge in [0.2, 0.25) is 10.0 Å². The van der Waals surface area contributed by atoms with Gasteiger partial charge in [-0.2, -0.15) is 0 Å². The van der Waals surface area contributed by atoms with E-state index in [1.54, 1.807) is 13.0 Å². The predicted octanol–water partition coefficient (Wildman–Crippen LogP) is 3.04. The van der Waals surface area contributed by atoms with Crippen LogP contribution in [0.5, 0.6) is 0 Å². The molecule has 2 rings (SSSR count). The summed E-state index contributed by atoms with van der Waals surface area (Å²) >= 11 is 7.25. The van der Waals surface area contributed by atoms with Crippen molar-refractivity contribution in [1.82, 2.24) is 4.72 Å². The van der Waals surface area contributed by atoms with E-state index in [0.717, 1.165) is 10.9 Å². The molecule has 0 spiro atoms. The van der Waals surface area contributed by atoms with Crippen molar-refractivity contribution in [3.63, 3.8) is 0 Å². The first-order chi connectivity index (χ1) is 9.85. The second-order valence-corrected chi connectivity index (χ2v) is 7.54. The number of sulfonamides is 1. The summed E-state index contributed by atoms with van der Waals surface area (Å²) in [6.45, 7) is 1.56. The molecule has 8 heteroatoms. The highest BCUT2D eigenvalue weighted by molar-refractivity contribution is 7.89. The summed E-state index contributed by atoms with van der Waals surface area (Å²) in [5, 5.41) is 1.97. The normalized spacial score (nSPS) is 13.3. The largest absolute Gasteiger partial charge is 0.326 e. The van der Waals surface area contributed by atoms with Crippen LogP contribution in [0.25, 0.3) is 0 Å². The summed E-state index contributed by atoms with van der Waals surface area (Å²) in [5.74, 6) is -0.868. The fraction of sp³-hybridized carbons (Fsp3) is 0.231. The van der Waals surface area contributed by atoms with Crippen LogP contribution in [0.2, 0.25) is 5.02 Å². The Labute approximate surface area is 131 Å². The van der Waals surface area contributed by atoms with E-state index in [9.17, 15) is 12.8 Å². The van der Waals surface area contributed by atoms with Crippen LogP contribution >= 0.6 is 22.9 Å². The van der Waals surface area contributed by atoms with Crippen LogP contribution in [0.4, 0.5) is 4.39 Å². The highest BCUT2D eigenvalue weighted by Crippen LogP contribution is 2.26. The molecule has 114 valence electrons. The van der Waals surface area contributed by atoms with Crippen molar-refractivity contribution in [2.24, 2.45) is 5.73 Å². The lowest BCUT2D eigenvalue weighted by Crippen LogP contribution is -2.27. The van der Waals surface area contributed by atoms with Crippen LogP contribution < -0.4 is 10.5 Å². The second kappa shape index (κ2) is 6.41. The Morgan fingerprint density at radius 3 is 2.76 bits per heavy atom. The molecule has 1 heterocycles. The van der Waals surface area contributed by atoms with Crippen molar-refractivity contribution in [3.05, 3.63) is 50.9 Å². The number of hydrogen-bond donors (Lipinski definition) is 2. The minimum atomic E-state index is -4.03. The van der Waals surface area contributed by atoms with Gasteiger partial charge in [-0.15, -0.1) is 11.3 Å². The van der Waals surface area contributed by atoms with Crippen molar-refractivity contribution in [1.29, 1.82) is 0 Å². The van der Waals surface area contributed by atoms with Crippen molar-refractivity contribution in [2.75, 3.05) is 0 Å². The molecule has 0 aliphatic carbocycles. The first-order valence-electron chi connectivity index (χ1n) is 6.09. The molecular formula is C13H14ClFN2O2S2. The molecule has 0 fully saturated rings. The van der Waals surface area contributed by atoms with Crippen LogP contribution in [0.15, 0.2) is 34.5 Å². The molecule has 4 nitrogen and oxygen atoms in total.